The van der Waals surface area contributed by atoms with Crippen molar-refractivity contribution in [3.05, 3.63) is 46.8 Å². The van der Waals surface area contributed by atoms with Gasteiger partial charge in [0.05, 0.1) is 9.99 Å². The maximum absolute atomic E-state index is 13.1. The molecule has 2 heterocycles. The van der Waals surface area contributed by atoms with Crippen molar-refractivity contribution in [2.75, 3.05) is 0 Å². The molecule has 0 saturated heterocycles. The lowest BCUT2D eigenvalue weighted by molar-refractivity contribution is 0.621. The Bertz CT molecular complexity index is 660. The van der Waals surface area contributed by atoms with E-state index in [0.29, 0.717) is 15.9 Å². The molecular formula is C12H7BrFN3. The number of pyridine rings is 1. The van der Waals surface area contributed by atoms with Gasteiger partial charge < -0.3 is 4.98 Å². The Morgan fingerprint density at radius 2 is 2.12 bits per heavy atom. The van der Waals surface area contributed by atoms with E-state index in [0.717, 1.165) is 11.1 Å². The van der Waals surface area contributed by atoms with Gasteiger partial charge in [0, 0.05) is 11.8 Å². The summed E-state index contributed by atoms with van der Waals surface area (Å²) in [5, 5.41) is 0. The van der Waals surface area contributed by atoms with Gasteiger partial charge >= 0.3 is 0 Å². The summed E-state index contributed by atoms with van der Waals surface area (Å²) < 4.78 is 13.5. The van der Waals surface area contributed by atoms with Crippen LogP contribution in [0.1, 0.15) is 0 Å². The van der Waals surface area contributed by atoms with Crippen LogP contribution in [0.3, 0.4) is 0 Å². The summed E-state index contributed by atoms with van der Waals surface area (Å²) in [7, 11) is 0. The minimum atomic E-state index is -0.289. The lowest BCUT2D eigenvalue weighted by atomic mass is 10.2. The van der Waals surface area contributed by atoms with Crippen molar-refractivity contribution >= 4 is 27.1 Å². The Kier molecular flexibility index (Phi) is 2.40. The van der Waals surface area contributed by atoms with E-state index < -0.39 is 0 Å². The summed E-state index contributed by atoms with van der Waals surface area (Å²) in [6.45, 7) is 0. The van der Waals surface area contributed by atoms with E-state index in [9.17, 15) is 4.39 Å². The molecule has 17 heavy (non-hydrogen) atoms. The maximum Gasteiger partial charge on any atom is 0.178 e. The molecule has 0 spiro atoms. The third-order valence-corrected chi connectivity index (χ3v) is 3.06. The predicted molar refractivity (Wildman–Crippen MR) is 67.0 cm³/mol. The fraction of sp³-hybridized carbons (Fsp3) is 0. The van der Waals surface area contributed by atoms with Gasteiger partial charge in [0.1, 0.15) is 11.6 Å². The highest BCUT2D eigenvalue weighted by molar-refractivity contribution is 9.10. The van der Waals surface area contributed by atoms with Crippen molar-refractivity contribution in [2.24, 2.45) is 0 Å². The average molecular weight is 292 g/mol. The smallest absolute Gasteiger partial charge is 0.178 e. The van der Waals surface area contributed by atoms with E-state index in [-0.39, 0.29) is 5.82 Å². The molecule has 1 N–H and O–H groups in total. The van der Waals surface area contributed by atoms with Crippen LogP contribution in [0, 0.1) is 5.82 Å². The van der Waals surface area contributed by atoms with Crippen molar-refractivity contribution in [3.63, 3.8) is 0 Å². The number of imidazole rings is 1. The number of hydrogen-bond acceptors (Lipinski definition) is 2. The quantitative estimate of drug-likeness (QED) is 0.745. The number of benzene rings is 1. The Morgan fingerprint density at radius 1 is 1.24 bits per heavy atom. The number of fused-ring (bicyclic) bond motifs is 1. The highest BCUT2D eigenvalue weighted by atomic mass is 79.9. The predicted octanol–water partition coefficient (Wildman–Crippen LogP) is 3.53. The Labute approximate surface area is 105 Å². The average Bonchev–Trinajstić information content (AvgIpc) is 2.76. The number of aromatic nitrogens is 3. The van der Waals surface area contributed by atoms with Crippen LogP contribution in [-0.4, -0.2) is 15.0 Å². The topological polar surface area (TPSA) is 41.6 Å². The highest BCUT2D eigenvalue weighted by Gasteiger charge is 2.07. The summed E-state index contributed by atoms with van der Waals surface area (Å²) in [6.07, 6.45) is 1.69. The molecule has 5 heteroatoms. The van der Waals surface area contributed by atoms with E-state index in [1.54, 1.807) is 18.3 Å². The first kappa shape index (κ1) is 10.4. The molecule has 2 aromatic heterocycles. The lowest BCUT2D eigenvalue weighted by Gasteiger charge is -1.98. The zero-order chi connectivity index (χ0) is 11.8. The van der Waals surface area contributed by atoms with Gasteiger partial charge in [0.15, 0.2) is 5.65 Å². The molecule has 1 aromatic carbocycles. The molecule has 0 aliphatic carbocycles. The fourth-order valence-electron chi connectivity index (χ4n) is 1.63. The van der Waals surface area contributed by atoms with Crippen LogP contribution >= 0.6 is 15.9 Å². The van der Waals surface area contributed by atoms with Crippen molar-refractivity contribution in [1.82, 2.24) is 15.0 Å². The Hall–Kier alpha value is -1.75. The van der Waals surface area contributed by atoms with Gasteiger partial charge in [-0.2, -0.15) is 0 Å². The first-order valence-electron chi connectivity index (χ1n) is 5.00. The summed E-state index contributed by atoms with van der Waals surface area (Å²) in [4.78, 5) is 11.6. The van der Waals surface area contributed by atoms with Gasteiger partial charge in [0.2, 0.25) is 0 Å². The zero-order valence-corrected chi connectivity index (χ0v) is 10.2. The summed E-state index contributed by atoms with van der Waals surface area (Å²) in [5.41, 5.74) is 2.34. The summed E-state index contributed by atoms with van der Waals surface area (Å²) in [6, 6.07) is 8.51. The summed E-state index contributed by atoms with van der Waals surface area (Å²) >= 11 is 3.15. The molecule has 0 aliphatic heterocycles. The van der Waals surface area contributed by atoms with Crippen LogP contribution in [0.5, 0.6) is 0 Å². The first-order chi connectivity index (χ1) is 8.24. The number of nitrogens with zero attached hydrogens (tertiary/aromatic N) is 2. The van der Waals surface area contributed by atoms with Crippen molar-refractivity contribution < 1.29 is 4.39 Å². The van der Waals surface area contributed by atoms with Crippen LogP contribution in [0.25, 0.3) is 22.6 Å². The molecule has 0 atom stereocenters. The lowest BCUT2D eigenvalue weighted by Crippen LogP contribution is -1.83. The number of rotatable bonds is 1. The van der Waals surface area contributed by atoms with Crippen LogP contribution in [-0.2, 0) is 0 Å². The fourth-order valence-corrected chi connectivity index (χ4v) is 2.00. The Balaban J connectivity index is 2.17. The molecule has 3 rings (SSSR count). The molecule has 0 radical (unpaired) electrons. The van der Waals surface area contributed by atoms with Gasteiger partial charge in [-0.3, -0.25) is 0 Å². The molecule has 0 aliphatic rings. The van der Waals surface area contributed by atoms with Gasteiger partial charge in [0.25, 0.3) is 0 Å². The van der Waals surface area contributed by atoms with E-state index in [4.69, 9.17) is 0 Å². The van der Waals surface area contributed by atoms with Crippen LogP contribution < -0.4 is 0 Å². The molecule has 3 nitrogen and oxygen atoms in total. The van der Waals surface area contributed by atoms with Crippen molar-refractivity contribution in [1.29, 1.82) is 0 Å². The van der Waals surface area contributed by atoms with Crippen molar-refractivity contribution in [2.45, 2.75) is 0 Å². The van der Waals surface area contributed by atoms with Gasteiger partial charge in [-0.1, -0.05) is 0 Å². The number of H-pyrrole nitrogens is 1. The molecular weight excluding hydrogens is 285 g/mol. The minimum absolute atomic E-state index is 0.289. The highest BCUT2D eigenvalue weighted by Crippen LogP contribution is 2.24. The largest absolute Gasteiger partial charge is 0.337 e. The monoisotopic (exact) mass is 291 g/mol. The number of hydrogen-bond donors (Lipinski definition) is 1. The van der Waals surface area contributed by atoms with Crippen LogP contribution in [0.4, 0.5) is 4.39 Å². The van der Waals surface area contributed by atoms with E-state index in [2.05, 4.69) is 30.9 Å². The number of aromatic amines is 1. The van der Waals surface area contributed by atoms with Crippen LogP contribution in [0.2, 0.25) is 0 Å². The van der Waals surface area contributed by atoms with Crippen molar-refractivity contribution in [3.8, 4) is 11.4 Å². The van der Waals surface area contributed by atoms with E-state index >= 15 is 0 Å². The van der Waals surface area contributed by atoms with Gasteiger partial charge in [-0.05, 0) is 46.3 Å². The SMILES string of the molecule is Fc1ccc(-c2nc3ncccc3[nH]2)cc1Br. The maximum atomic E-state index is 13.1. The van der Waals surface area contributed by atoms with Crippen LogP contribution in [0.15, 0.2) is 41.0 Å². The second kappa shape index (κ2) is 3.92. The molecule has 0 unspecified atom stereocenters. The number of halogens is 2. The standard InChI is InChI=1S/C12H7BrFN3/c13-8-6-7(3-4-9(8)14)11-16-10-2-1-5-15-12(10)17-11/h1-6H,(H,15,16,17). The van der Waals surface area contributed by atoms with E-state index in [1.807, 2.05) is 12.1 Å². The third-order valence-electron chi connectivity index (χ3n) is 2.45. The summed E-state index contributed by atoms with van der Waals surface area (Å²) in [5.74, 6) is 0.391. The molecule has 0 amide bonds. The molecule has 0 fully saturated rings. The second-order valence-corrected chi connectivity index (χ2v) is 4.44. The van der Waals surface area contributed by atoms with Gasteiger partial charge in [-0.15, -0.1) is 0 Å². The number of nitrogens with one attached hydrogen (secondary N) is 1. The normalized spacial score (nSPS) is 10.9. The second-order valence-electron chi connectivity index (χ2n) is 3.59. The third kappa shape index (κ3) is 1.82. The zero-order valence-electron chi connectivity index (χ0n) is 8.61. The first-order valence-corrected chi connectivity index (χ1v) is 5.79. The van der Waals surface area contributed by atoms with Gasteiger partial charge in [-0.25, -0.2) is 14.4 Å². The Morgan fingerprint density at radius 3 is 2.88 bits per heavy atom. The molecule has 0 saturated carbocycles. The minimum Gasteiger partial charge on any atom is -0.337 e. The van der Waals surface area contributed by atoms with E-state index in [1.165, 1.54) is 6.07 Å². The molecule has 0 bridgehead atoms. The molecule has 84 valence electrons. The molecule has 3 aromatic rings.